The third kappa shape index (κ3) is 3.58. The van der Waals surface area contributed by atoms with Crippen molar-refractivity contribution in [1.29, 1.82) is 0 Å². The third-order valence-corrected chi connectivity index (χ3v) is 5.96. The van der Waals surface area contributed by atoms with Crippen LogP contribution < -0.4 is 5.32 Å². The molecule has 2 aliphatic carbocycles. The van der Waals surface area contributed by atoms with Crippen molar-refractivity contribution >= 4 is 10.1 Å². The van der Waals surface area contributed by atoms with E-state index in [9.17, 15) is 8.42 Å². The second-order valence-corrected chi connectivity index (χ2v) is 8.34. The number of nitrogens with zero attached hydrogens (tertiary/aromatic N) is 2. The zero-order valence-corrected chi connectivity index (χ0v) is 14.6. The molecule has 6 nitrogen and oxygen atoms in total. The van der Waals surface area contributed by atoms with Crippen molar-refractivity contribution in [2.45, 2.75) is 36.0 Å². The molecule has 5 rings (SSSR count). The van der Waals surface area contributed by atoms with E-state index in [1.807, 2.05) is 0 Å². The fourth-order valence-electron chi connectivity index (χ4n) is 3.61. The van der Waals surface area contributed by atoms with Gasteiger partial charge in [-0.25, -0.2) is 9.97 Å². The molecule has 2 aromatic rings. The SMILES string of the molecule is O=S(=O)(O)c1ccccc1.c1nc(C2CC2)nc2c1C1CNCC1C2. The molecule has 1 aromatic heterocycles. The molecular formula is C18H21N3O3S. The van der Waals surface area contributed by atoms with Crippen LogP contribution in [0.5, 0.6) is 0 Å². The molecule has 3 aliphatic rings. The van der Waals surface area contributed by atoms with Gasteiger partial charge >= 0.3 is 0 Å². The zero-order chi connectivity index (χ0) is 17.4. The summed E-state index contributed by atoms with van der Waals surface area (Å²) in [5.74, 6) is 3.30. The first-order valence-corrected chi connectivity index (χ1v) is 10.1. The second kappa shape index (κ2) is 6.48. The van der Waals surface area contributed by atoms with Gasteiger partial charge in [-0.2, -0.15) is 8.42 Å². The van der Waals surface area contributed by atoms with Crippen LogP contribution in [0.15, 0.2) is 41.4 Å². The molecule has 7 heteroatoms. The number of fused-ring (bicyclic) bond motifs is 3. The first kappa shape index (κ1) is 16.6. The fraction of sp³-hybridized carbons (Fsp3) is 0.444. The van der Waals surface area contributed by atoms with E-state index in [0.29, 0.717) is 11.8 Å². The summed E-state index contributed by atoms with van der Waals surface area (Å²) in [6.07, 6.45) is 5.88. The Bertz CT molecular complexity index is 866. The van der Waals surface area contributed by atoms with Crippen molar-refractivity contribution in [3.63, 3.8) is 0 Å². The molecule has 1 aliphatic heterocycles. The summed E-state index contributed by atoms with van der Waals surface area (Å²) in [4.78, 5) is 9.22. The van der Waals surface area contributed by atoms with Crippen LogP contribution in [-0.2, 0) is 16.5 Å². The van der Waals surface area contributed by atoms with Crippen LogP contribution in [-0.4, -0.2) is 36.0 Å². The van der Waals surface area contributed by atoms with Crippen molar-refractivity contribution in [2.75, 3.05) is 13.1 Å². The van der Waals surface area contributed by atoms with Gasteiger partial charge in [-0.3, -0.25) is 4.55 Å². The number of benzene rings is 1. The van der Waals surface area contributed by atoms with Gasteiger partial charge in [0, 0.05) is 30.3 Å². The van der Waals surface area contributed by atoms with Gasteiger partial charge in [0.1, 0.15) is 5.82 Å². The highest BCUT2D eigenvalue weighted by atomic mass is 32.2. The molecule has 2 heterocycles. The molecular weight excluding hydrogens is 338 g/mol. The van der Waals surface area contributed by atoms with E-state index in [1.54, 1.807) is 18.2 Å². The van der Waals surface area contributed by atoms with Gasteiger partial charge in [-0.1, -0.05) is 18.2 Å². The molecule has 2 N–H and O–H groups in total. The lowest BCUT2D eigenvalue weighted by atomic mass is 9.98. The van der Waals surface area contributed by atoms with Gasteiger partial charge in [0.15, 0.2) is 0 Å². The summed E-state index contributed by atoms with van der Waals surface area (Å²) in [6, 6.07) is 7.42. The van der Waals surface area contributed by atoms with Crippen LogP contribution in [0.1, 0.15) is 41.8 Å². The monoisotopic (exact) mass is 359 g/mol. The Hall–Kier alpha value is -1.83. The topological polar surface area (TPSA) is 92.2 Å². The molecule has 2 fully saturated rings. The summed E-state index contributed by atoms with van der Waals surface area (Å²) >= 11 is 0. The van der Waals surface area contributed by atoms with E-state index < -0.39 is 10.1 Å². The van der Waals surface area contributed by atoms with Gasteiger partial charge in [0.2, 0.25) is 0 Å². The highest BCUT2D eigenvalue weighted by Crippen LogP contribution is 2.42. The molecule has 0 spiro atoms. The lowest BCUT2D eigenvalue weighted by Crippen LogP contribution is -2.11. The molecule has 2 atom stereocenters. The van der Waals surface area contributed by atoms with Gasteiger partial charge in [-0.15, -0.1) is 0 Å². The van der Waals surface area contributed by atoms with Crippen molar-refractivity contribution in [3.05, 3.63) is 53.6 Å². The number of nitrogens with one attached hydrogen (secondary N) is 1. The van der Waals surface area contributed by atoms with E-state index in [1.165, 1.54) is 49.2 Å². The minimum atomic E-state index is -4.00. The van der Waals surface area contributed by atoms with Gasteiger partial charge < -0.3 is 5.32 Å². The normalized spacial score (nSPS) is 24.2. The van der Waals surface area contributed by atoms with Gasteiger partial charge in [0.05, 0.1) is 4.90 Å². The minimum Gasteiger partial charge on any atom is -0.316 e. The summed E-state index contributed by atoms with van der Waals surface area (Å²) in [5.41, 5.74) is 2.78. The zero-order valence-electron chi connectivity index (χ0n) is 13.8. The Kier molecular flexibility index (Phi) is 4.31. The van der Waals surface area contributed by atoms with Crippen molar-refractivity contribution in [3.8, 4) is 0 Å². The smallest absolute Gasteiger partial charge is 0.294 e. The van der Waals surface area contributed by atoms with E-state index >= 15 is 0 Å². The maximum atomic E-state index is 10.4. The van der Waals surface area contributed by atoms with E-state index in [-0.39, 0.29) is 4.90 Å². The Labute approximate surface area is 147 Å². The third-order valence-electron chi connectivity index (χ3n) is 5.10. The highest BCUT2D eigenvalue weighted by molar-refractivity contribution is 7.85. The van der Waals surface area contributed by atoms with Crippen LogP contribution in [0.2, 0.25) is 0 Å². The van der Waals surface area contributed by atoms with Crippen molar-refractivity contribution in [2.24, 2.45) is 5.92 Å². The summed E-state index contributed by atoms with van der Waals surface area (Å²) in [5, 5.41) is 3.46. The molecule has 0 radical (unpaired) electrons. The van der Waals surface area contributed by atoms with Gasteiger partial charge in [-0.05, 0) is 49.4 Å². The molecule has 1 aromatic carbocycles. The summed E-state index contributed by atoms with van der Waals surface area (Å²) in [7, 11) is -4.00. The highest BCUT2D eigenvalue weighted by Gasteiger charge is 2.38. The Morgan fingerprint density at radius 2 is 1.88 bits per heavy atom. The Morgan fingerprint density at radius 3 is 2.52 bits per heavy atom. The standard InChI is InChI=1S/C12H15N3.C6H6O3S/c1-2-7(1)12-14-6-10-9-5-13-4-8(9)3-11(10)15-12;7-10(8,9)6-4-2-1-3-5-6/h6-9,13H,1-5H2;1-5H,(H,7,8,9). The Morgan fingerprint density at radius 1 is 1.12 bits per heavy atom. The fourth-order valence-corrected chi connectivity index (χ4v) is 4.11. The number of hydrogen-bond acceptors (Lipinski definition) is 5. The first-order chi connectivity index (χ1) is 12.0. The maximum absolute atomic E-state index is 10.4. The maximum Gasteiger partial charge on any atom is 0.294 e. The van der Waals surface area contributed by atoms with Crippen LogP contribution in [0.3, 0.4) is 0 Å². The number of rotatable bonds is 2. The average Bonchev–Trinajstić information content (AvgIpc) is 3.25. The van der Waals surface area contributed by atoms with E-state index in [2.05, 4.69) is 16.5 Å². The Balaban J connectivity index is 0.000000138. The molecule has 1 saturated carbocycles. The largest absolute Gasteiger partial charge is 0.316 e. The molecule has 132 valence electrons. The van der Waals surface area contributed by atoms with E-state index in [4.69, 9.17) is 9.54 Å². The molecule has 1 saturated heterocycles. The number of hydrogen-bond donors (Lipinski definition) is 2. The lowest BCUT2D eigenvalue weighted by Gasteiger charge is -2.07. The summed E-state index contributed by atoms with van der Waals surface area (Å²) in [6.45, 7) is 2.30. The van der Waals surface area contributed by atoms with Gasteiger partial charge in [0.25, 0.3) is 10.1 Å². The second-order valence-electron chi connectivity index (χ2n) is 6.92. The predicted molar refractivity (Wildman–Crippen MR) is 93.1 cm³/mol. The molecule has 25 heavy (non-hydrogen) atoms. The van der Waals surface area contributed by atoms with Crippen molar-refractivity contribution in [1.82, 2.24) is 15.3 Å². The molecule has 0 bridgehead atoms. The van der Waals surface area contributed by atoms with Crippen LogP contribution >= 0.6 is 0 Å². The first-order valence-electron chi connectivity index (χ1n) is 8.61. The average molecular weight is 359 g/mol. The quantitative estimate of drug-likeness (QED) is 0.798. The minimum absolute atomic E-state index is 0.0741. The van der Waals surface area contributed by atoms with Crippen LogP contribution in [0.4, 0.5) is 0 Å². The van der Waals surface area contributed by atoms with Crippen LogP contribution in [0.25, 0.3) is 0 Å². The van der Waals surface area contributed by atoms with Crippen LogP contribution in [0, 0.1) is 5.92 Å². The van der Waals surface area contributed by atoms with Crippen molar-refractivity contribution < 1.29 is 13.0 Å². The number of aromatic nitrogens is 2. The summed E-state index contributed by atoms with van der Waals surface area (Å²) < 4.78 is 29.2. The van der Waals surface area contributed by atoms with E-state index in [0.717, 1.165) is 18.3 Å². The predicted octanol–water partition coefficient (Wildman–Crippen LogP) is 2.15. The molecule has 2 unspecified atom stereocenters. The molecule has 0 amide bonds. The lowest BCUT2D eigenvalue weighted by molar-refractivity contribution is 0.483.